The standard InChI is InChI=1S/C23H26F2N4OS/c1-14-11-16(23(26)7-9-31-10-8-23)3-4-17(14)15(2)28-20(30)12-29-13-27-19-6-5-18(24)21(25)22(19)29/h3-6,11,13,15H,7-10,12,26H2,1-2H3,(H,28,30). The molecule has 1 aromatic heterocycles. The highest BCUT2D eigenvalue weighted by atomic mass is 32.2. The number of nitrogens with two attached hydrogens (primary N) is 1. The third-order valence-electron chi connectivity index (χ3n) is 6.06. The molecule has 1 saturated heterocycles. The highest BCUT2D eigenvalue weighted by molar-refractivity contribution is 7.99. The van der Waals surface area contributed by atoms with Crippen molar-refractivity contribution >= 4 is 28.7 Å². The number of amides is 1. The largest absolute Gasteiger partial charge is 0.348 e. The minimum absolute atomic E-state index is 0.0118. The van der Waals surface area contributed by atoms with Gasteiger partial charge in [0.2, 0.25) is 5.91 Å². The summed E-state index contributed by atoms with van der Waals surface area (Å²) >= 11 is 1.94. The van der Waals surface area contributed by atoms with Gasteiger partial charge in [0.1, 0.15) is 12.1 Å². The smallest absolute Gasteiger partial charge is 0.240 e. The zero-order valence-electron chi connectivity index (χ0n) is 17.6. The van der Waals surface area contributed by atoms with Crippen LogP contribution in [0.5, 0.6) is 0 Å². The monoisotopic (exact) mass is 444 g/mol. The molecular formula is C23H26F2N4OS. The molecule has 0 spiro atoms. The van der Waals surface area contributed by atoms with E-state index in [1.165, 1.54) is 17.0 Å². The normalized spacial score (nSPS) is 16.9. The van der Waals surface area contributed by atoms with Gasteiger partial charge < -0.3 is 15.6 Å². The predicted octanol–water partition coefficient (Wildman–Crippen LogP) is 4.18. The number of hydrogen-bond acceptors (Lipinski definition) is 4. The van der Waals surface area contributed by atoms with Crippen molar-refractivity contribution in [3.05, 3.63) is 65.0 Å². The molecule has 3 N–H and O–H groups in total. The number of carbonyl (C=O) groups is 1. The summed E-state index contributed by atoms with van der Waals surface area (Å²) in [5.41, 5.74) is 9.86. The average molecular weight is 445 g/mol. The molecule has 1 unspecified atom stereocenters. The van der Waals surface area contributed by atoms with Gasteiger partial charge in [-0.15, -0.1) is 0 Å². The maximum Gasteiger partial charge on any atom is 0.240 e. The van der Waals surface area contributed by atoms with Gasteiger partial charge in [-0.05, 0) is 67.0 Å². The first-order valence-electron chi connectivity index (χ1n) is 10.3. The van der Waals surface area contributed by atoms with Gasteiger partial charge in [0, 0.05) is 5.54 Å². The molecule has 1 atom stereocenters. The molecule has 4 rings (SSSR count). The number of rotatable bonds is 5. The number of benzene rings is 2. The molecule has 3 aromatic rings. The van der Waals surface area contributed by atoms with Crippen LogP contribution in [0.2, 0.25) is 0 Å². The number of imidazole rings is 1. The molecule has 1 aliphatic heterocycles. The van der Waals surface area contributed by atoms with E-state index in [1.54, 1.807) is 0 Å². The molecule has 164 valence electrons. The fourth-order valence-corrected chi connectivity index (χ4v) is 5.45. The van der Waals surface area contributed by atoms with E-state index in [0.717, 1.165) is 47.1 Å². The number of aryl methyl sites for hydroxylation is 1. The van der Waals surface area contributed by atoms with Crippen molar-refractivity contribution in [2.75, 3.05) is 11.5 Å². The van der Waals surface area contributed by atoms with Crippen LogP contribution < -0.4 is 11.1 Å². The number of aromatic nitrogens is 2. The molecule has 0 radical (unpaired) electrons. The second-order valence-electron chi connectivity index (χ2n) is 8.23. The topological polar surface area (TPSA) is 72.9 Å². The summed E-state index contributed by atoms with van der Waals surface area (Å²) in [6.45, 7) is 3.77. The number of halogens is 2. The molecule has 0 aliphatic carbocycles. The molecule has 2 heterocycles. The summed E-state index contributed by atoms with van der Waals surface area (Å²) in [7, 11) is 0. The maximum absolute atomic E-state index is 14.2. The van der Waals surface area contributed by atoms with Gasteiger partial charge in [0.05, 0.1) is 17.9 Å². The Morgan fingerprint density at radius 2 is 2.03 bits per heavy atom. The Kier molecular flexibility index (Phi) is 6.03. The Hall–Kier alpha value is -2.45. The fourth-order valence-electron chi connectivity index (χ4n) is 4.23. The molecule has 0 bridgehead atoms. The molecule has 5 nitrogen and oxygen atoms in total. The van der Waals surface area contributed by atoms with E-state index in [0.29, 0.717) is 5.52 Å². The summed E-state index contributed by atoms with van der Waals surface area (Å²) in [6, 6.07) is 8.38. The van der Waals surface area contributed by atoms with Crippen molar-refractivity contribution in [2.24, 2.45) is 5.73 Å². The first kappa shape index (κ1) is 21.8. The Labute approximate surface area is 184 Å². The van der Waals surface area contributed by atoms with Crippen LogP contribution in [0.15, 0.2) is 36.7 Å². The van der Waals surface area contributed by atoms with Gasteiger partial charge in [-0.3, -0.25) is 4.79 Å². The summed E-state index contributed by atoms with van der Waals surface area (Å²) in [6.07, 6.45) is 3.26. The van der Waals surface area contributed by atoms with Crippen LogP contribution in [0.1, 0.15) is 42.5 Å². The van der Waals surface area contributed by atoms with Crippen molar-refractivity contribution in [3.8, 4) is 0 Å². The maximum atomic E-state index is 14.2. The second-order valence-corrected chi connectivity index (χ2v) is 9.46. The van der Waals surface area contributed by atoms with Crippen LogP contribution >= 0.6 is 11.8 Å². The summed E-state index contributed by atoms with van der Waals surface area (Å²) < 4.78 is 29.1. The van der Waals surface area contributed by atoms with Crippen LogP contribution in [-0.4, -0.2) is 27.0 Å². The average Bonchev–Trinajstić information content (AvgIpc) is 3.14. The highest BCUT2D eigenvalue weighted by Crippen LogP contribution is 2.35. The number of hydrogen-bond donors (Lipinski definition) is 2. The lowest BCUT2D eigenvalue weighted by molar-refractivity contribution is -0.122. The molecule has 1 aliphatic rings. The van der Waals surface area contributed by atoms with Crippen molar-refractivity contribution in [2.45, 2.75) is 44.8 Å². The van der Waals surface area contributed by atoms with Gasteiger partial charge in [-0.1, -0.05) is 18.2 Å². The van der Waals surface area contributed by atoms with Gasteiger partial charge in [0.15, 0.2) is 11.6 Å². The molecule has 1 fully saturated rings. The van der Waals surface area contributed by atoms with E-state index in [2.05, 4.69) is 22.4 Å². The lowest BCUT2D eigenvalue weighted by Crippen LogP contribution is -2.40. The predicted molar refractivity (Wildman–Crippen MR) is 120 cm³/mol. The fraction of sp³-hybridized carbons (Fsp3) is 0.391. The van der Waals surface area contributed by atoms with E-state index in [4.69, 9.17) is 5.73 Å². The van der Waals surface area contributed by atoms with Crippen LogP contribution in [-0.2, 0) is 16.9 Å². The first-order chi connectivity index (χ1) is 14.8. The summed E-state index contributed by atoms with van der Waals surface area (Å²) in [5, 5.41) is 2.94. The van der Waals surface area contributed by atoms with Crippen molar-refractivity contribution in [3.63, 3.8) is 0 Å². The molecule has 31 heavy (non-hydrogen) atoms. The van der Waals surface area contributed by atoms with Gasteiger partial charge >= 0.3 is 0 Å². The number of nitrogens with zero attached hydrogens (tertiary/aromatic N) is 2. The number of thioether (sulfide) groups is 1. The van der Waals surface area contributed by atoms with Crippen LogP contribution in [0.3, 0.4) is 0 Å². The van der Waals surface area contributed by atoms with Crippen LogP contribution in [0, 0.1) is 18.6 Å². The van der Waals surface area contributed by atoms with E-state index in [-0.39, 0.29) is 29.5 Å². The number of fused-ring (bicyclic) bond motifs is 1. The molecule has 8 heteroatoms. The van der Waals surface area contributed by atoms with Crippen LogP contribution in [0.4, 0.5) is 8.78 Å². The third kappa shape index (κ3) is 4.32. The van der Waals surface area contributed by atoms with Crippen molar-refractivity contribution in [1.82, 2.24) is 14.9 Å². The zero-order chi connectivity index (χ0) is 22.2. The van der Waals surface area contributed by atoms with Crippen molar-refractivity contribution < 1.29 is 13.6 Å². The number of nitrogens with one attached hydrogen (secondary N) is 1. The molecule has 1 amide bonds. The SMILES string of the molecule is Cc1cc(C2(N)CCSCC2)ccc1C(C)NC(=O)Cn1cnc2ccc(F)c(F)c21. The Bertz CT molecular complexity index is 1120. The van der Waals surface area contributed by atoms with Gasteiger partial charge in [-0.25, -0.2) is 13.8 Å². The van der Waals surface area contributed by atoms with E-state index in [9.17, 15) is 13.6 Å². The Morgan fingerprint density at radius 1 is 1.29 bits per heavy atom. The summed E-state index contributed by atoms with van der Waals surface area (Å²) in [5.74, 6) is -0.139. The van der Waals surface area contributed by atoms with Crippen molar-refractivity contribution in [1.29, 1.82) is 0 Å². The molecule has 2 aromatic carbocycles. The minimum atomic E-state index is -1.00. The van der Waals surface area contributed by atoms with E-state index < -0.39 is 11.6 Å². The van der Waals surface area contributed by atoms with Gasteiger partial charge in [-0.2, -0.15) is 11.8 Å². The van der Waals surface area contributed by atoms with Crippen LogP contribution in [0.25, 0.3) is 11.0 Å². The lowest BCUT2D eigenvalue weighted by atomic mass is 9.83. The minimum Gasteiger partial charge on any atom is -0.348 e. The highest BCUT2D eigenvalue weighted by Gasteiger charge is 2.30. The third-order valence-corrected chi connectivity index (χ3v) is 7.04. The Morgan fingerprint density at radius 3 is 2.74 bits per heavy atom. The second kappa shape index (κ2) is 8.59. The van der Waals surface area contributed by atoms with Gasteiger partial charge in [0.25, 0.3) is 0 Å². The zero-order valence-corrected chi connectivity index (χ0v) is 18.4. The quantitative estimate of drug-likeness (QED) is 0.619. The number of carbonyl (C=O) groups excluding carboxylic acids is 1. The summed E-state index contributed by atoms with van der Waals surface area (Å²) in [4.78, 5) is 16.7. The first-order valence-corrected chi connectivity index (χ1v) is 11.5. The lowest BCUT2D eigenvalue weighted by Gasteiger charge is -2.34. The Balaban J connectivity index is 1.48. The molecular weight excluding hydrogens is 418 g/mol. The molecule has 0 saturated carbocycles. The van der Waals surface area contributed by atoms with E-state index in [1.807, 2.05) is 31.7 Å². The van der Waals surface area contributed by atoms with E-state index >= 15 is 0 Å².